The van der Waals surface area contributed by atoms with E-state index in [1.165, 1.54) is 18.4 Å². The number of benzene rings is 1. The van der Waals surface area contributed by atoms with Crippen LogP contribution in [0.3, 0.4) is 0 Å². The van der Waals surface area contributed by atoms with Gasteiger partial charge in [-0.1, -0.05) is 30.3 Å². The Bertz CT molecular complexity index is 469. The van der Waals surface area contributed by atoms with Gasteiger partial charge >= 0.3 is 12.1 Å². The molecule has 0 amide bonds. The molecule has 0 unspecified atom stereocenters. The van der Waals surface area contributed by atoms with Crippen molar-refractivity contribution in [2.75, 3.05) is 27.2 Å². The number of carboxylic acid groups (broad SMARTS) is 1. The molecule has 2 N–H and O–H groups in total. The van der Waals surface area contributed by atoms with Crippen molar-refractivity contribution in [2.24, 2.45) is 0 Å². The van der Waals surface area contributed by atoms with E-state index in [1.54, 1.807) is 0 Å². The SMILES string of the molecule is CN(C)C1(c2ccccc2)CCNCC1.O=C(O)C(F)(F)F. The molecule has 4 nitrogen and oxygen atoms in total. The van der Waals surface area contributed by atoms with Crippen molar-refractivity contribution in [3.8, 4) is 0 Å². The molecule has 2 rings (SSSR count). The summed E-state index contributed by atoms with van der Waals surface area (Å²) in [4.78, 5) is 11.3. The van der Waals surface area contributed by atoms with E-state index >= 15 is 0 Å². The molecule has 1 heterocycles. The summed E-state index contributed by atoms with van der Waals surface area (Å²) >= 11 is 0. The largest absolute Gasteiger partial charge is 0.490 e. The predicted molar refractivity (Wildman–Crippen MR) is 77.6 cm³/mol. The average molecular weight is 318 g/mol. The first-order valence-corrected chi connectivity index (χ1v) is 6.94. The maximum Gasteiger partial charge on any atom is 0.490 e. The lowest BCUT2D eigenvalue weighted by atomic mass is 9.80. The molecule has 0 bridgehead atoms. The minimum Gasteiger partial charge on any atom is -0.475 e. The monoisotopic (exact) mass is 318 g/mol. The lowest BCUT2D eigenvalue weighted by molar-refractivity contribution is -0.192. The van der Waals surface area contributed by atoms with E-state index < -0.39 is 12.1 Å². The third kappa shape index (κ3) is 4.71. The Labute approximate surface area is 127 Å². The van der Waals surface area contributed by atoms with Gasteiger partial charge in [0.25, 0.3) is 0 Å². The van der Waals surface area contributed by atoms with Crippen LogP contribution in [0.5, 0.6) is 0 Å². The van der Waals surface area contributed by atoms with E-state index in [1.807, 2.05) is 0 Å². The number of halogens is 3. The van der Waals surface area contributed by atoms with E-state index in [9.17, 15) is 13.2 Å². The van der Waals surface area contributed by atoms with Gasteiger partial charge < -0.3 is 10.4 Å². The van der Waals surface area contributed by atoms with Gasteiger partial charge in [-0.05, 0) is 45.6 Å². The fraction of sp³-hybridized carbons (Fsp3) is 0.533. The molecular weight excluding hydrogens is 297 g/mol. The van der Waals surface area contributed by atoms with Crippen LogP contribution >= 0.6 is 0 Å². The maximum absolute atomic E-state index is 10.6. The van der Waals surface area contributed by atoms with Crippen molar-refractivity contribution in [2.45, 2.75) is 24.6 Å². The Morgan fingerprint density at radius 1 is 1.18 bits per heavy atom. The molecule has 7 heteroatoms. The van der Waals surface area contributed by atoms with Crippen LogP contribution in [-0.4, -0.2) is 49.3 Å². The van der Waals surface area contributed by atoms with Crippen LogP contribution in [-0.2, 0) is 10.3 Å². The minimum absolute atomic E-state index is 0.243. The summed E-state index contributed by atoms with van der Waals surface area (Å²) in [6.45, 7) is 2.24. The number of alkyl halides is 3. The molecule has 0 aliphatic carbocycles. The number of nitrogens with zero attached hydrogens (tertiary/aromatic N) is 1. The molecule has 1 aliphatic heterocycles. The molecule has 0 aromatic heterocycles. The van der Waals surface area contributed by atoms with E-state index in [0.717, 1.165) is 13.1 Å². The highest BCUT2D eigenvalue weighted by molar-refractivity contribution is 5.73. The number of hydrogen-bond acceptors (Lipinski definition) is 3. The predicted octanol–water partition coefficient (Wildman–Crippen LogP) is 2.46. The van der Waals surface area contributed by atoms with Gasteiger partial charge in [0, 0.05) is 5.54 Å². The second kappa shape index (κ2) is 7.60. The zero-order valence-electron chi connectivity index (χ0n) is 12.7. The second-order valence-corrected chi connectivity index (χ2v) is 5.34. The Balaban J connectivity index is 0.000000295. The number of rotatable bonds is 2. The van der Waals surface area contributed by atoms with Crippen LogP contribution in [0.25, 0.3) is 0 Å². The number of piperidine rings is 1. The third-order valence-corrected chi connectivity index (χ3v) is 3.84. The number of carbonyl (C=O) groups is 1. The molecule has 1 aromatic rings. The third-order valence-electron chi connectivity index (χ3n) is 3.84. The molecule has 0 saturated carbocycles. The first-order valence-electron chi connectivity index (χ1n) is 6.94. The molecule has 124 valence electrons. The van der Waals surface area contributed by atoms with Gasteiger partial charge in [-0.15, -0.1) is 0 Å². The number of nitrogens with one attached hydrogen (secondary N) is 1. The van der Waals surface area contributed by atoms with E-state index in [0.29, 0.717) is 0 Å². The van der Waals surface area contributed by atoms with Crippen LogP contribution < -0.4 is 5.32 Å². The van der Waals surface area contributed by atoms with Crippen molar-refractivity contribution in [1.29, 1.82) is 0 Å². The molecule has 1 saturated heterocycles. The van der Waals surface area contributed by atoms with E-state index in [4.69, 9.17) is 9.90 Å². The molecule has 1 aromatic carbocycles. The molecular formula is C15H21F3N2O2. The topological polar surface area (TPSA) is 52.6 Å². The quantitative estimate of drug-likeness (QED) is 0.879. The van der Waals surface area contributed by atoms with Gasteiger partial charge in [0.15, 0.2) is 0 Å². The Morgan fingerprint density at radius 3 is 2.00 bits per heavy atom. The lowest BCUT2D eigenvalue weighted by Crippen LogP contribution is -2.49. The fourth-order valence-corrected chi connectivity index (χ4v) is 2.58. The lowest BCUT2D eigenvalue weighted by Gasteiger charge is -2.43. The Kier molecular flexibility index (Phi) is 6.37. The zero-order chi connectivity index (χ0) is 16.8. The molecule has 22 heavy (non-hydrogen) atoms. The van der Waals surface area contributed by atoms with E-state index in [-0.39, 0.29) is 5.54 Å². The molecule has 0 spiro atoms. The molecule has 1 aliphatic rings. The van der Waals surface area contributed by atoms with Crippen molar-refractivity contribution in [1.82, 2.24) is 10.2 Å². The van der Waals surface area contributed by atoms with Crippen molar-refractivity contribution in [3.05, 3.63) is 35.9 Å². The number of aliphatic carboxylic acids is 1. The van der Waals surface area contributed by atoms with Gasteiger partial charge in [-0.3, -0.25) is 4.90 Å². The van der Waals surface area contributed by atoms with Crippen LogP contribution in [0.2, 0.25) is 0 Å². The zero-order valence-corrected chi connectivity index (χ0v) is 12.7. The van der Waals surface area contributed by atoms with Gasteiger partial charge in [0.1, 0.15) is 0 Å². The summed E-state index contributed by atoms with van der Waals surface area (Å²) in [5.74, 6) is -2.76. The Hall–Kier alpha value is -1.60. The smallest absolute Gasteiger partial charge is 0.475 e. The summed E-state index contributed by atoms with van der Waals surface area (Å²) in [5, 5.41) is 10.6. The Morgan fingerprint density at radius 2 is 1.64 bits per heavy atom. The summed E-state index contributed by atoms with van der Waals surface area (Å²) in [5.41, 5.74) is 1.70. The van der Waals surface area contributed by atoms with Gasteiger partial charge in [0.2, 0.25) is 0 Å². The second-order valence-electron chi connectivity index (χ2n) is 5.34. The van der Waals surface area contributed by atoms with Crippen LogP contribution in [0.15, 0.2) is 30.3 Å². The molecule has 0 radical (unpaired) electrons. The van der Waals surface area contributed by atoms with Crippen LogP contribution in [0.1, 0.15) is 18.4 Å². The van der Waals surface area contributed by atoms with Gasteiger partial charge in [0.05, 0.1) is 0 Å². The van der Waals surface area contributed by atoms with E-state index in [2.05, 4.69) is 54.6 Å². The van der Waals surface area contributed by atoms with Gasteiger partial charge in [-0.25, -0.2) is 4.79 Å². The molecule has 1 fully saturated rings. The summed E-state index contributed by atoms with van der Waals surface area (Å²) in [6, 6.07) is 10.9. The number of carboxylic acids is 1. The van der Waals surface area contributed by atoms with Crippen LogP contribution in [0, 0.1) is 0 Å². The number of hydrogen-bond donors (Lipinski definition) is 2. The van der Waals surface area contributed by atoms with Crippen molar-refractivity contribution >= 4 is 5.97 Å². The minimum atomic E-state index is -5.08. The summed E-state index contributed by atoms with van der Waals surface area (Å²) in [6.07, 6.45) is -2.69. The highest BCUT2D eigenvalue weighted by Crippen LogP contribution is 2.34. The van der Waals surface area contributed by atoms with Crippen molar-refractivity contribution < 1.29 is 23.1 Å². The normalized spacial score (nSPS) is 17.5. The average Bonchev–Trinajstić information content (AvgIpc) is 2.48. The van der Waals surface area contributed by atoms with Crippen molar-refractivity contribution in [3.63, 3.8) is 0 Å². The fourth-order valence-electron chi connectivity index (χ4n) is 2.58. The summed E-state index contributed by atoms with van der Waals surface area (Å²) in [7, 11) is 4.39. The standard InChI is InChI=1S/C13H20N2.C2HF3O2/c1-15(2)13(8-10-14-11-9-13)12-6-4-3-5-7-12;3-2(4,5)1(6)7/h3-7,14H,8-11H2,1-2H3;(H,6,7). The molecule has 0 atom stereocenters. The summed E-state index contributed by atoms with van der Waals surface area (Å²) < 4.78 is 31.7. The highest BCUT2D eigenvalue weighted by Gasteiger charge is 2.38. The van der Waals surface area contributed by atoms with Crippen LogP contribution in [0.4, 0.5) is 13.2 Å². The highest BCUT2D eigenvalue weighted by atomic mass is 19.4. The first kappa shape index (κ1) is 18.4. The maximum atomic E-state index is 10.6. The van der Waals surface area contributed by atoms with Gasteiger partial charge in [-0.2, -0.15) is 13.2 Å². The first-order chi connectivity index (χ1) is 10.2.